The molecule has 0 heterocycles. The second-order valence-electron chi connectivity index (χ2n) is 5.63. The lowest BCUT2D eigenvalue weighted by Gasteiger charge is -2.27. The van der Waals surface area contributed by atoms with Crippen LogP contribution < -0.4 is 5.32 Å². The van der Waals surface area contributed by atoms with Gasteiger partial charge in [0.25, 0.3) is 5.91 Å². The Hall–Kier alpha value is -1.71. The summed E-state index contributed by atoms with van der Waals surface area (Å²) < 4.78 is 0. The van der Waals surface area contributed by atoms with Crippen molar-refractivity contribution in [3.05, 3.63) is 99.0 Å². The van der Waals surface area contributed by atoms with Crippen LogP contribution in [-0.2, 0) is 9.67 Å². The summed E-state index contributed by atoms with van der Waals surface area (Å²) in [7, 11) is 0. The molecule has 0 aliphatic rings. The van der Waals surface area contributed by atoms with E-state index in [1.54, 1.807) is 72.8 Å². The van der Waals surface area contributed by atoms with Crippen LogP contribution >= 0.6 is 46.4 Å². The van der Waals surface area contributed by atoms with Crippen molar-refractivity contribution in [1.29, 1.82) is 0 Å². The molecule has 1 N–H and O–H groups in total. The molecular formula is C20H13Cl4NO. The molecule has 0 saturated heterocycles. The molecular weight excluding hydrogens is 412 g/mol. The van der Waals surface area contributed by atoms with Crippen molar-refractivity contribution in [1.82, 2.24) is 0 Å². The molecule has 0 aliphatic heterocycles. The molecule has 2 nitrogen and oxygen atoms in total. The van der Waals surface area contributed by atoms with Gasteiger partial charge in [-0.2, -0.15) is 0 Å². The van der Waals surface area contributed by atoms with Gasteiger partial charge in [0.15, 0.2) is 4.87 Å². The van der Waals surface area contributed by atoms with Crippen LogP contribution in [0.15, 0.2) is 72.8 Å². The SMILES string of the molecule is O=C(Nc1ccc(Cl)cc1)C(Cl)(c1ccc(Cl)cc1)c1ccc(Cl)cc1. The topological polar surface area (TPSA) is 29.1 Å². The Kier molecular flexibility index (Phi) is 5.79. The number of rotatable bonds is 4. The highest BCUT2D eigenvalue weighted by Crippen LogP contribution is 2.39. The van der Waals surface area contributed by atoms with Crippen molar-refractivity contribution in [2.24, 2.45) is 0 Å². The molecule has 0 atom stereocenters. The fourth-order valence-electron chi connectivity index (χ4n) is 2.54. The number of nitrogens with one attached hydrogen (secondary N) is 1. The van der Waals surface area contributed by atoms with E-state index in [2.05, 4.69) is 5.32 Å². The van der Waals surface area contributed by atoms with Crippen LogP contribution in [0.2, 0.25) is 15.1 Å². The third kappa shape index (κ3) is 3.99. The molecule has 0 radical (unpaired) electrons. The predicted molar refractivity (Wildman–Crippen MR) is 110 cm³/mol. The first-order chi connectivity index (χ1) is 12.4. The quantitative estimate of drug-likeness (QED) is 0.460. The Bertz CT molecular complexity index is 861. The van der Waals surface area contributed by atoms with Gasteiger partial charge in [0, 0.05) is 20.8 Å². The highest BCUT2D eigenvalue weighted by Gasteiger charge is 2.40. The minimum atomic E-state index is -1.45. The van der Waals surface area contributed by atoms with Gasteiger partial charge in [0.05, 0.1) is 0 Å². The highest BCUT2D eigenvalue weighted by molar-refractivity contribution is 6.39. The number of halogens is 4. The van der Waals surface area contributed by atoms with Crippen LogP contribution in [0.5, 0.6) is 0 Å². The maximum Gasteiger partial charge on any atom is 0.254 e. The molecule has 0 unspecified atom stereocenters. The van der Waals surface area contributed by atoms with Gasteiger partial charge >= 0.3 is 0 Å². The summed E-state index contributed by atoms with van der Waals surface area (Å²) in [4.78, 5) is 11.7. The summed E-state index contributed by atoms with van der Waals surface area (Å²) >= 11 is 24.8. The molecule has 3 rings (SSSR count). The van der Waals surface area contributed by atoms with Crippen molar-refractivity contribution in [3.63, 3.8) is 0 Å². The molecule has 0 fully saturated rings. The zero-order valence-corrected chi connectivity index (χ0v) is 16.4. The lowest BCUT2D eigenvalue weighted by Crippen LogP contribution is -2.36. The predicted octanol–water partition coefficient (Wildman–Crippen LogP) is 6.77. The number of carbonyl (C=O) groups is 1. The molecule has 6 heteroatoms. The molecule has 132 valence electrons. The summed E-state index contributed by atoms with van der Waals surface area (Å²) in [5.74, 6) is -0.397. The second kappa shape index (κ2) is 7.89. The molecule has 0 aliphatic carbocycles. The maximum absolute atomic E-state index is 13.1. The van der Waals surface area contributed by atoms with E-state index in [4.69, 9.17) is 46.4 Å². The molecule has 1 amide bonds. The van der Waals surface area contributed by atoms with E-state index in [1.807, 2.05) is 0 Å². The molecule has 26 heavy (non-hydrogen) atoms. The van der Waals surface area contributed by atoms with Gasteiger partial charge in [-0.1, -0.05) is 70.7 Å². The number of alkyl halides is 1. The molecule has 0 saturated carbocycles. The van der Waals surface area contributed by atoms with Gasteiger partial charge in [-0.25, -0.2) is 0 Å². The van der Waals surface area contributed by atoms with Crippen LogP contribution in [0.25, 0.3) is 0 Å². The summed E-state index contributed by atoms with van der Waals surface area (Å²) in [5, 5.41) is 4.53. The van der Waals surface area contributed by atoms with Gasteiger partial charge in [-0.15, -0.1) is 0 Å². The molecule has 3 aromatic carbocycles. The molecule has 0 bridgehead atoms. The number of hydrogen-bond acceptors (Lipinski definition) is 1. The van der Waals surface area contributed by atoms with Crippen molar-refractivity contribution < 1.29 is 4.79 Å². The normalized spacial score (nSPS) is 11.2. The van der Waals surface area contributed by atoms with Gasteiger partial charge in [-0.3, -0.25) is 4.79 Å². The Balaban J connectivity index is 2.04. The summed E-state index contributed by atoms with van der Waals surface area (Å²) in [6.07, 6.45) is 0. The minimum Gasteiger partial charge on any atom is -0.324 e. The van der Waals surface area contributed by atoms with Gasteiger partial charge in [0.2, 0.25) is 0 Å². The van der Waals surface area contributed by atoms with E-state index >= 15 is 0 Å². The fraction of sp³-hybridized carbons (Fsp3) is 0.0500. The van der Waals surface area contributed by atoms with Gasteiger partial charge in [0.1, 0.15) is 0 Å². The maximum atomic E-state index is 13.1. The van der Waals surface area contributed by atoms with E-state index < -0.39 is 10.8 Å². The number of anilines is 1. The third-order valence-corrected chi connectivity index (χ3v) is 5.26. The Morgan fingerprint density at radius 3 is 1.38 bits per heavy atom. The van der Waals surface area contributed by atoms with Crippen molar-refractivity contribution in [3.8, 4) is 0 Å². The lowest BCUT2D eigenvalue weighted by atomic mass is 9.89. The van der Waals surface area contributed by atoms with Crippen LogP contribution in [0.1, 0.15) is 11.1 Å². The van der Waals surface area contributed by atoms with E-state index in [0.717, 1.165) is 0 Å². The van der Waals surface area contributed by atoms with Crippen LogP contribution in [0, 0.1) is 0 Å². The van der Waals surface area contributed by atoms with E-state index in [-0.39, 0.29) is 0 Å². The van der Waals surface area contributed by atoms with E-state index in [0.29, 0.717) is 31.9 Å². The summed E-state index contributed by atoms with van der Waals surface area (Å²) in [5.41, 5.74) is 1.78. The zero-order chi connectivity index (χ0) is 18.7. The second-order valence-corrected chi connectivity index (χ2v) is 7.51. The standard InChI is InChI=1S/C20H13Cl4NO/c21-15-5-1-13(2-6-15)20(24,14-3-7-16(22)8-4-14)19(26)25-18-11-9-17(23)10-12-18/h1-12H,(H,25,26). The largest absolute Gasteiger partial charge is 0.324 e. The monoisotopic (exact) mass is 423 g/mol. The Morgan fingerprint density at radius 1 is 0.654 bits per heavy atom. The van der Waals surface area contributed by atoms with Crippen molar-refractivity contribution >= 4 is 58.0 Å². The average molecular weight is 425 g/mol. The average Bonchev–Trinajstić information content (AvgIpc) is 2.64. The Labute approximate surface area is 171 Å². The fourth-order valence-corrected chi connectivity index (χ4v) is 3.22. The molecule has 0 aromatic heterocycles. The van der Waals surface area contributed by atoms with Gasteiger partial charge in [-0.05, 0) is 59.7 Å². The highest BCUT2D eigenvalue weighted by atomic mass is 35.5. The lowest BCUT2D eigenvalue weighted by molar-refractivity contribution is -0.117. The third-order valence-electron chi connectivity index (χ3n) is 3.90. The zero-order valence-electron chi connectivity index (χ0n) is 13.3. The van der Waals surface area contributed by atoms with Crippen molar-refractivity contribution in [2.45, 2.75) is 4.87 Å². The summed E-state index contributed by atoms with van der Waals surface area (Å²) in [6, 6.07) is 20.5. The van der Waals surface area contributed by atoms with Gasteiger partial charge < -0.3 is 5.32 Å². The Morgan fingerprint density at radius 2 is 1.00 bits per heavy atom. The number of amides is 1. The van der Waals surface area contributed by atoms with Crippen LogP contribution in [0.4, 0.5) is 5.69 Å². The molecule has 3 aromatic rings. The van der Waals surface area contributed by atoms with E-state index in [1.165, 1.54) is 0 Å². The smallest absolute Gasteiger partial charge is 0.254 e. The number of hydrogen-bond donors (Lipinski definition) is 1. The number of benzene rings is 3. The first kappa shape index (κ1) is 19.1. The van der Waals surface area contributed by atoms with Crippen LogP contribution in [0.3, 0.4) is 0 Å². The van der Waals surface area contributed by atoms with Crippen LogP contribution in [-0.4, -0.2) is 5.91 Å². The first-order valence-corrected chi connectivity index (χ1v) is 9.19. The summed E-state index contributed by atoms with van der Waals surface area (Å²) in [6.45, 7) is 0. The number of carbonyl (C=O) groups excluding carboxylic acids is 1. The molecule has 0 spiro atoms. The van der Waals surface area contributed by atoms with E-state index in [9.17, 15) is 4.79 Å². The minimum absolute atomic E-state index is 0.397. The first-order valence-electron chi connectivity index (χ1n) is 7.67. The van der Waals surface area contributed by atoms with Crippen molar-refractivity contribution in [2.75, 3.05) is 5.32 Å².